The first-order chi connectivity index (χ1) is 28.5. The van der Waals surface area contributed by atoms with Gasteiger partial charge in [0.2, 0.25) is 0 Å². The summed E-state index contributed by atoms with van der Waals surface area (Å²) in [5, 5.41) is 0. The van der Waals surface area contributed by atoms with Crippen molar-refractivity contribution < 1.29 is 0 Å². The van der Waals surface area contributed by atoms with Gasteiger partial charge in [-0.1, -0.05) is 214 Å². The van der Waals surface area contributed by atoms with Gasteiger partial charge in [-0.2, -0.15) is 0 Å². The SMILES string of the molecule is CC1(C)c2ccccc2C2(c3ccccc3-c3c(-c4ccc(-c5ccc(-c6cc(-c7ccccc7)cc(-c7ccccc7)n6)cc5)cc4)cccc32)c2ccccc21. The summed E-state index contributed by atoms with van der Waals surface area (Å²) >= 11 is 0. The zero-order chi connectivity index (χ0) is 38.8. The zero-order valence-electron chi connectivity index (χ0n) is 32.7. The predicted molar refractivity (Wildman–Crippen MR) is 241 cm³/mol. The number of pyridine rings is 1. The molecule has 2 aliphatic carbocycles. The average molecular weight is 740 g/mol. The first kappa shape index (κ1) is 34.2. The summed E-state index contributed by atoms with van der Waals surface area (Å²) in [6.45, 7) is 4.76. The summed E-state index contributed by atoms with van der Waals surface area (Å²) in [5.41, 5.74) is 21.8. The fourth-order valence-corrected chi connectivity index (χ4v) is 10.1. The third kappa shape index (κ3) is 5.13. The number of nitrogens with zero attached hydrogens (tertiary/aromatic N) is 1. The lowest BCUT2D eigenvalue weighted by Crippen LogP contribution is -2.40. The number of fused-ring (bicyclic) bond motifs is 9. The lowest BCUT2D eigenvalue weighted by Gasteiger charge is -2.46. The largest absolute Gasteiger partial charge is 0.248 e. The van der Waals surface area contributed by atoms with E-state index in [0.717, 1.165) is 28.1 Å². The van der Waals surface area contributed by atoms with E-state index in [1.165, 1.54) is 72.3 Å². The van der Waals surface area contributed by atoms with Crippen LogP contribution in [0.1, 0.15) is 47.2 Å². The van der Waals surface area contributed by atoms with Crippen LogP contribution < -0.4 is 0 Å². The third-order valence-corrected chi connectivity index (χ3v) is 12.8. The molecule has 0 bridgehead atoms. The lowest BCUT2D eigenvalue weighted by atomic mass is 9.55. The van der Waals surface area contributed by atoms with Crippen molar-refractivity contribution in [2.24, 2.45) is 0 Å². The molecule has 0 amide bonds. The van der Waals surface area contributed by atoms with Crippen molar-refractivity contribution in [3.8, 4) is 67.0 Å². The van der Waals surface area contributed by atoms with E-state index in [9.17, 15) is 0 Å². The van der Waals surface area contributed by atoms with Crippen molar-refractivity contribution in [1.82, 2.24) is 4.98 Å². The Balaban J connectivity index is 0.983. The monoisotopic (exact) mass is 739 g/mol. The standard InChI is InChI=1S/C57H41N/c1-56(2)48-23-11-13-25-50(48)57(51-26-14-12-24-49(51)56)47-22-10-9-20-46(47)55-45(21-15-27-52(55)57)41-32-28-39(29-33-41)40-30-34-43(35-31-40)54-37-44(38-16-5-3-6-17-38)36-53(58-54)42-18-7-4-8-19-42/h3-37H,1-2H3. The van der Waals surface area contributed by atoms with Crippen molar-refractivity contribution in [2.45, 2.75) is 24.7 Å². The molecule has 0 saturated carbocycles. The molecule has 0 fully saturated rings. The van der Waals surface area contributed by atoms with Crippen LogP contribution in [0.15, 0.2) is 212 Å². The van der Waals surface area contributed by atoms with Crippen LogP contribution in [0.5, 0.6) is 0 Å². The van der Waals surface area contributed by atoms with Gasteiger partial charge in [0.05, 0.1) is 16.8 Å². The molecular formula is C57H41N. The Kier molecular flexibility index (Phi) is 7.81. The van der Waals surface area contributed by atoms with E-state index in [1.807, 2.05) is 6.07 Å². The molecule has 1 heterocycles. The summed E-state index contributed by atoms with van der Waals surface area (Å²) < 4.78 is 0. The minimum absolute atomic E-state index is 0.115. The van der Waals surface area contributed by atoms with Crippen LogP contribution in [0.4, 0.5) is 0 Å². The van der Waals surface area contributed by atoms with Gasteiger partial charge in [0.1, 0.15) is 0 Å². The molecule has 1 aromatic heterocycles. The number of hydrogen-bond acceptors (Lipinski definition) is 1. The molecule has 0 unspecified atom stereocenters. The molecule has 1 heteroatoms. The maximum absolute atomic E-state index is 5.16. The summed E-state index contributed by atoms with van der Waals surface area (Å²) in [6, 6.07) is 77.8. The van der Waals surface area contributed by atoms with Crippen molar-refractivity contribution in [3.05, 3.63) is 246 Å². The second kappa shape index (κ2) is 13.3. The van der Waals surface area contributed by atoms with Gasteiger partial charge in [-0.15, -0.1) is 0 Å². The Hall–Kier alpha value is -7.09. The van der Waals surface area contributed by atoms with E-state index < -0.39 is 5.41 Å². The minimum atomic E-state index is -0.399. The molecule has 274 valence electrons. The van der Waals surface area contributed by atoms with E-state index in [2.05, 4.69) is 220 Å². The molecule has 1 nitrogen and oxygen atoms in total. The van der Waals surface area contributed by atoms with Gasteiger partial charge in [-0.3, -0.25) is 0 Å². The maximum Gasteiger partial charge on any atom is 0.0719 e. The van der Waals surface area contributed by atoms with Gasteiger partial charge in [-0.25, -0.2) is 4.98 Å². The Morgan fingerprint density at radius 1 is 0.293 bits per heavy atom. The molecule has 11 rings (SSSR count). The Morgan fingerprint density at radius 3 is 1.28 bits per heavy atom. The van der Waals surface area contributed by atoms with E-state index in [1.54, 1.807) is 0 Å². The number of hydrogen-bond donors (Lipinski definition) is 0. The summed E-state index contributed by atoms with van der Waals surface area (Å²) in [7, 11) is 0. The molecule has 9 aromatic rings. The van der Waals surface area contributed by atoms with Gasteiger partial charge in [-0.05, 0) is 90.0 Å². The first-order valence-corrected chi connectivity index (χ1v) is 20.3. The van der Waals surface area contributed by atoms with E-state index in [4.69, 9.17) is 4.98 Å². The second-order valence-corrected chi connectivity index (χ2v) is 16.3. The molecule has 0 atom stereocenters. The highest BCUT2D eigenvalue weighted by Crippen LogP contribution is 2.63. The van der Waals surface area contributed by atoms with E-state index >= 15 is 0 Å². The topological polar surface area (TPSA) is 12.9 Å². The van der Waals surface area contributed by atoms with E-state index in [0.29, 0.717) is 0 Å². The molecule has 8 aromatic carbocycles. The Bertz CT molecular complexity index is 2880. The Labute approximate surface area is 341 Å². The van der Waals surface area contributed by atoms with Gasteiger partial charge in [0.25, 0.3) is 0 Å². The molecule has 58 heavy (non-hydrogen) atoms. The summed E-state index contributed by atoms with van der Waals surface area (Å²) in [6.07, 6.45) is 0. The first-order valence-electron chi connectivity index (χ1n) is 20.3. The van der Waals surface area contributed by atoms with Crippen molar-refractivity contribution in [3.63, 3.8) is 0 Å². The van der Waals surface area contributed by atoms with Crippen LogP contribution in [0, 0.1) is 0 Å². The molecule has 2 aliphatic rings. The van der Waals surface area contributed by atoms with Gasteiger partial charge >= 0.3 is 0 Å². The van der Waals surface area contributed by atoms with Crippen LogP contribution >= 0.6 is 0 Å². The second-order valence-electron chi connectivity index (χ2n) is 16.3. The normalized spacial score (nSPS) is 14.0. The number of aromatic nitrogens is 1. The van der Waals surface area contributed by atoms with Crippen molar-refractivity contribution in [1.29, 1.82) is 0 Å². The fourth-order valence-electron chi connectivity index (χ4n) is 10.1. The predicted octanol–water partition coefficient (Wildman–Crippen LogP) is 14.4. The average Bonchev–Trinajstić information content (AvgIpc) is 3.60. The molecule has 0 radical (unpaired) electrons. The van der Waals surface area contributed by atoms with Gasteiger partial charge in [0.15, 0.2) is 0 Å². The van der Waals surface area contributed by atoms with Crippen molar-refractivity contribution in [2.75, 3.05) is 0 Å². The number of rotatable bonds is 5. The Morgan fingerprint density at radius 2 is 0.690 bits per heavy atom. The van der Waals surface area contributed by atoms with Crippen LogP contribution in [0.3, 0.4) is 0 Å². The molecule has 0 N–H and O–H groups in total. The lowest BCUT2D eigenvalue weighted by molar-refractivity contribution is 0.563. The van der Waals surface area contributed by atoms with Crippen molar-refractivity contribution >= 4 is 0 Å². The third-order valence-electron chi connectivity index (χ3n) is 12.8. The van der Waals surface area contributed by atoms with Gasteiger partial charge < -0.3 is 0 Å². The highest BCUT2D eigenvalue weighted by molar-refractivity contribution is 5.96. The minimum Gasteiger partial charge on any atom is -0.248 e. The van der Waals surface area contributed by atoms with Crippen LogP contribution in [0.2, 0.25) is 0 Å². The molecule has 0 saturated heterocycles. The van der Waals surface area contributed by atoms with Crippen LogP contribution in [0.25, 0.3) is 67.0 Å². The highest BCUT2D eigenvalue weighted by Gasteiger charge is 2.53. The van der Waals surface area contributed by atoms with Crippen LogP contribution in [-0.4, -0.2) is 4.98 Å². The zero-order valence-corrected chi connectivity index (χ0v) is 32.7. The molecule has 0 aliphatic heterocycles. The molecular weight excluding hydrogens is 699 g/mol. The van der Waals surface area contributed by atoms with Crippen LogP contribution in [-0.2, 0) is 10.8 Å². The smallest absolute Gasteiger partial charge is 0.0719 e. The fraction of sp³-hybridized carbons (Fsp3) is 0.0702. The highest BCUT2D eigenvalue weighted by atomic mass is 14.7. The summed E-state index contributed by atoms with van der Waals surface area (Å²) in [4.78, 5) is 5.16. The summed E-state index contributed by atoms with van der Waals surface area (Å²) in [5.74, 6) is 0. The molecule has 1 spiro atoms. The quantitative estimate of drug-likeness (QED) is 0.171. The maximum atomic E-state index is 5.16. The van der Waals surface area contributed by atoms with Gasteiger partial charge in [0, 0.05) is 16.5 Å². The number of benzene rings is 8. The van der Waals surface area contributed by atoms with E-state index in [-0.39, 0.29) is 5.41 Å².